The lowest BCUT2D eigenvalue weighted by atomic mass is 10.1. The topological polar surface area (TPSA) is 85.1 Å². The Morgan fingerprint density at radius 1 is 1.35 bits per heavy atom. The highest BCUT2D eigenvalue weighted by atomic mass is 16.5. The molecule has 1 heterocycles. The molecule has 1 aliphatic carbocycles. The number of hydrogen-bond donors (Lipinski definition) is 3. The van der Waals surface area contributed by atoms with E-state index in [1.165, 1.54) is 32.0 Å². The molecule has 2 rings (SSSR count). The van der Waals surface area contributed by atoms with Crippen LogP contribution in [0.1, 0.15) is 25.7 Å². The van der Waals surface area contributed by atoms with Gasteiger partial charge < -0.3 is 15.5 Å². The van der Waals surface area contributed by atoms with Crippen LogP contribution >= 0.6 is 0 Å². The quantitative estimate of drug-likeness (QED) is 0.530. The molecule has 94 valence electrons. The normalized spacial score (nSPS) is 15.9. The number of nitrogens with two attached hydrogens (primary N) is 1. The van der Waals surface area contributed by atoms with E-state index in [2.05, 4.69) is 20.7 Å². The molecule has 17 heavy (non-hydrogen) atoms. The van der Waals surface area contributed by atoms with Crippen molar-refractivity contribution in [1.82, 2.24) is 9.97 Å². The predicted molar refractivity (Wildman–Crippen MR) is 66.8 cm³/mol. The van der Waals surface area contributed by atoms with Crippen molar-refractivity contribution in [3.63, 3.8) is 0 Å². The summed E-state index contributed by atoms with van der Waals surface area (Å²) in [5.74, 6) is 7.86. The number of rotatable bonds is 5. The standard InChI is InChI=1S/C11H19N5O/c1-17-9-10(14-7-15-11(9)16-12)13-6-8-4-2-3-5-8/h7-8H,2-6,12H2,1H3,(H2,13,14,15,16). The van der Waals surface area contributed by atoms with Gasteiger partial charge in [-0.25, -0.2) is 15.8 Å². The Kier molecular flexibility index (Phi) is 3.98. The van der Waals surface area contributed by atoms with Gasteiger partial charge in [0.05, 0.1) is 7.11 Å². The highest BCUT2D eigenvalue weighted by molar-refractivity contribution is 5.62. The minimum atomic E-state index is 0.497. The molecule has 0 atom stereocenters. The Morgan fingerprint density at radius 2 is 2.06 bits per heavy atom. The summed E-state index contributed by atoms with van der Waals surface area (Å²) in [5.41, 5.74) is 2.50. The van der Waals surface area contributed by atoms with E-state index >= 15 is 0 Å². The van der Waals surface area contributed by atoms with E-state index in [1.807, 2.05) is 0 Å². The fourth-order valence-corrected chi connectivity index (χ4v) is 2.25. The van der Waals surface area contributed by atoms with E-state index in [-0.39, 0.29) is 0 Å². The van der Waals surface area contributed by atoms with Crippen molar-refractivity contribution < 1.29 is 4.74 Å². The summed E-state index contributed by atoms with van der Waals surface area (Å²) in [5, 5.41) is 3.31. The summed E-state index contributed by atoms with van der Waals surface area (Å²) in [6, 6.07) is 0. The van der Waals surface area contributed by atoms with Gasteiger partial charge in [-0.05, 0) is 18.8 Å². The van der Waals surface area contributed by atoms with E-state index in [0.717, 1.165) is 12.5 Å². The number of ether oxygens (including phenoxy) is 1. The summed E-state index contributed by atoms with van der Waals surface area (Å²) in [4.78, 5) is 8.17. The summed E-state index contributed by atoms with van der Waals surface area (Å²) in [6.07, 6.45) is 6.73. The molecule has 4 N–H and O–H groups in total. The third-order valence-electron chi connectivity index (χ3n) is 3.18. The second kappa shape index (κ2) is 5.67. The zero-order valence-corrected chi connectivity index (χ0v) is 10.1. The molecule has 0 amide bonds. The van der Waals surface area contributed by atoms with Crippen LogP contribution in [0.15, 0.2) is 6.33 Å². The number of anilines is 2. The number of nitrogens with zero attached hydrogens (tertiary/aromatic N) is 2. The molecule has 1 fully saturated rings. The van der Waals surface area contributed by atoms with E-state index in [0.29, 0.717) is 17.4 Å². The highest BCUT2D eigenvalue weighted by Crippen LogP contribution is 2.30. The average molecular weight is 237 g/mol. The molecular formula is C11H19N5O. The molecule has 0 spiro atoms. The molecule has 1 aromatic heterocycles. The molecule has 0 aromatic carbocycles. The second-order valence-electron chi connectivity index (χ2n) is 4.28. The summed E-state index contributed by atoms with van der Waals surface area (Å²) in [6.45, 7) is 0.928. The number of nitrogens with one attached hydrogen (secondary N) is 2. The monoisotopic (exact) mass is 237 g/mol. The van der Waals surface area contributed by atoms with Gasteiger partial charge in [-0.1, -0.05) is 12.8 Å². The predicted octanol–water partition coefficient (Wildman–Crippen LogP) is 1.37. The summed E-state index contributed by atoms with van der Waals surface area (Å²) >= 11 is 0. The van der Waals surface area contributed by atoms with Gasteiger partial charge in [-0.2, -0.15) is 0 Å². The van der Waals surface area contributed by atoms with Crippen molar-refractivity contribution in [3.8, 4) is 5.75 Å². The van der Waals surface area contributed by atoms with Gasteiger partial charge in [0.2, 0.25) is 5.75 Å². The first-order valence-electron chi connectivity index (χ1n) is 5.94. The first-order valence-corrected chi connectivity index (χ1v) is 5.94. The van der Waals surface area contributed by atoms with Crippen molar-refractivity contribution >= 4 is 11.6 Å². The van der Waals surface area contributed by atoms with Gasteiger partial charge in [0.25, 0.3) is 0 Å². The van der Waals surface area contributed by atoms with Gasteiger partial charge in [0.1, 0.15) is 6.33 Å². The lowest BCUT2D eigenvalue weighted by molar-refractivity contribution is 0.414. The van der Waals surface area contributed by atoms with Gasteiger partial charge in [0.15, 0.2) is 11.6 Å². The van der Waals surface area contributed by atoms with Gasteiger partial charge in [-0.15, -0.1) is 0 Å². The summed E-state index contributed by atoms with van der Waals surface area (Å²) < 4.78 is 5.25. The van der Waals surface area contributed by atoms with Crippen molar-refractivity contribution in [2.45, 2.75) is 25.7 Å². The fraction of sp³-hybridized carbons (Fsp3) is 0.636. The second-order valence-corrected chi connectivity index (χ2v) is 4.28. The number of hydrogen-bond acceptors (Lipinski definition) is 6. The molecule has 6 nitrogen and oxygen atoms in total. The molecule has 0 bridgehead atoms. The Labute approximate surface area is 101 Å². The van der Waals surface area contributed by atoms with Crippen molar-refractivity contribution in [2.75, 3.05) is 24.4 Å². The molecule has 1 aromatic rings. The maximum absolute atomic E-state index is 5.37. The lowest BCUT2D eigenvalue weighted by Gasteiger charge is -2.14. The zero-order valence-electron chi connectivity index (χ0n) is 10.1. The van der Waals surface area contributed by atoms with E-state index in [4.69, 9.17) is 10.6 Å². The van der Waals surface area contributed by atoms with Crippen LogP contribution in [0.2, 0.25) is 0 Å². The maximum Gasteiger partial charge on any atom is 0.205 e. The first kappa shape index (κ1) is 11.9. The zero-order chi connectivity index (χ0) is 12.1. The third kappa shape index (κ3) is 2.76. The Morgan fingerprint density at radius 3 is 2.71 bits per heavy atom. The SMILES string of the molecule is COc1c(NN)ncnc1NCC1CCCC1. The molecular weight excluding hydrogens is 218 g/mol. The van der Waals surface area contributed by atoms with Crippen LogP contribution in [0, 0.1) is 5.92 Å². The average Bonchev–Trinajstić information content (AvgIpc) is 2.88. The molecule has 1 aliphatic rings. The number of nitrogen functional groups attached to an aromatic ring is 1. The van der Waals surface area contributed by atoms with Crippen LogP contribution in [0.3, 0.4) is 0 Å². The van der Waals surface area contributed by atoms with Gasteiger partial charge >= 0.3 is 0 Å². The Hall–Kier alpha value is -1.56. The lowest BCUT2D eigenvalue weighted by Crippen LogP contribution is -2.15. The van der Waals surface area contributed by atoms with Gasteiger partial charge in [-0.3, -0.25) is 0 Å². The Bertz CT molecular complexity index is 365. The van der Waals surface area contributed by atoms with E-state index in [9.17, 15) is 0 Å². The first-order chi connectivity index (χ1) is 8.35. The van der Waals surface area contributed by atoms with Crippen LogP contribution in [0.4, 0.5) is 11.6 Å². The van der Waals surface area contributed by atoms with Crippen molar-refractivity contribution in [1.29, 1.82) is 0 Å². The highest BCUT2D eigenvalue weighted by Gasteiger charge is 2.17. The van der Waals surface area contributed by atoms with Gasteiger partial charge in [0, 0.05) is 6.54 Å². The Balaban J connectivity index is 2.03. The molecule has 0 radical (unpaired) electrons. The smallest absolute Gasteiger partial charge is 0.205 e. The van der Waals surface area contributed by atoms with Crippen LogP contribution in [0.25, 0.3) is 0 Å². The molecule has 0 aliphatic heterocycles. The van der Waals surface area contributed by atoms with Crippen LogP contribution in [-0.2, 0) is 0 Å². The van der Waals surface area contributed by atoms with Crippen molar-refractivity contribution in [2.24, 2.45) is 11.8 Å². The van der Waals surface area contributed by atoms with E-state index < -0.39 is 0 Å². The minimum Gasteiger partial charge on any atom is -0.490 e. The van der Waals surface area contributed by atoms with Crippen LogP contribution in [0.5, 0.6) is 5.75 Å². The molecule has 1 saturated carbocycles. The largest absolute Gasteiger partial charge is 0.490 e. The molecule has 0 unspecified atom stereocenters. The third-order valence-corrected chi connectivity index (χ3v) is 3.18. The molecule has 6 heteroatoms. The minimum absolute atomic E-state index is 0.497. The van der Waals surface area contributed by atoms with E-state index in [1.54, 1.807) is 7.11 Å². The fourth-order valence-electron chi connectivity index (χ4n) is 2.25. The summed E-state index contributed by atoms with van der Waals surface area (Å²) in [7, 11) is 1.58. The maximum atomic E-state index is 5.37. The van der Waals surface area contributed by atoms with Crippen LogP contribution in [-0.4, -0.2) is 23.6 Å². The number of aromatic nitrogens is 2. The number of hydrazine groups is 1. The van der Waals surface area contributed by atoms with Crippen molar-refractivity contribution in [3.05, 3.63) is 6.33 Å². The molecule has 0 saturated heterocycles. The number of methoxy groups -OCH3 is 1. The van der Waals surface area contributed by atoms with Crippen LogP contribution < -0.4 is 21.3 Å².